The van der Waals surface area contributed by atoms with Gasteiger partial charge in [0.05, 0.1) is 7.11 Å². The molecule has 2 N–H and O–H groups in total. The van der Waals surface area contributed by atoms with Gasteiger partial charge in [-0.25, -0.2) is 0 Å². The average molecular weight is 250 g/mol. The molecule has 0 aliphatic rings. The quantitative estimate of drug-likeness (QED) is 0.690. The van der Waals surface area contributed by atoms with E-state index in [1.54, 1.807) is 7.11 Å². The number of carbonyl (C=O) groups is 1. The first kappa shape index (κ1) is 14.5. The summed E-state index contributed by atoms with van der Waals surface area (Å²) in [6.07, 6.45) is 1.50. The predicted octanol–water partition coefficient (Wildman–Crippen LogP) is 1.70. The van der Waals surface area contributed by atoms with Crippen molar-refractivity contribution in [2.24, 2.45) is 0 Å². The predicted molar refractivity (Wildman–Crippen MR) is 72.6 cm³/mol. The minimum atomic E-state index is 0.110. The fraction of sp³-hybridized carbons (Fsp3) is 0.500. The zero-order valence-electron chi connectivity index (χ0n) is 11.2. The molecule has 0 aromatic heterocycles. The van der Waals surface area contributed by atoms with Crippen LogP contribution >= 0.6 is 0 Å². The molecule has 1 rings (SSSR count). The third kappa shape index (κ3) is 5.68. The fourth-order valence-electron chi connectivity index (χ4n) is 1.53. The smallest absolute Gasteiger partial charge is 0.221 e. The summed E-state index contributed by atoms with van der Waals surface area (Å²) < 4.78 is 5.09. The number of nitrogens with one attached hydrogen (secondary N) is 2. The lowest BCUT2D eigenvalue weighted by atomic mass is 10.2. The highest BCUT2D eigenvalue weighted by Gasteiger charge is 1.99. The molecule has 18 heavy (non-hydrogen) atoms. The third-order valence-corrected chi connectivity index (χ3v) is 2.59. The number of hydrogen-bond acceptors (Lipinski definition) is 3. The highest BCUT2D eigenvalue weighted by molar-refractivity contribution is 5.75. The van der Waals surface area contributed by atoms with Crippen LogP contribution in [0.3, 0.4) is 0 Å². The highest BCUT2D eigenvalue weighted by atomic mass is 16.5. The molecular weight excluding hydrogens is 228 g/mol. The third-order valence-electron chi connectivity index (χ3n) is 2.59. The first-order valence-corrected chi connectivity index (χ1v) is 6.36. The van der Waals surface area contributed by atoms with E-state index in [-0.39, 0.29) is 5.91 Å². The Labute approximate surface area is 109 Å². The molecule has 1 aromatic carbocycles. The van der Waals surface area contributed by atoms with Crippen LogP contribution in [0.4, 0.5) is 0 Å². The van der Waals surface area contributed by atoms with Crippen LogP contribution in [0.15, 0.2) is 24.3 Å². The summed E-state index contributed by atoms with van der Waals surface area (Å²) in [5.74, 6) is 0.969. The molecule has 0 bridgehead atoms. The van der Waals surface area contributed by atoms with Crippen molar-refractivity contribution >= 4 is 5.91 Å². The molecule has 0 aliphatic carbocycles. The number of ether oxygens (including phenoxy) is 1. The standard InChI is InChI=1S/C14H22N2O2/c1-3-9-16-14(17)8-10-15-11-12-4-6-13(18-2)7-5-12/h4-7,15H,3,8-11H2,1-2H3,(H,16,17). The van der Waals surface area contributed by atoms with E-state index in [1.165, 1.54) is 5.56 Å². The molecule has 0 spiro atoms. The molecule has 1 amide bonds. The van der Waals surface area contributed by atoms with Gasteiger partial charge in [-0.3, -0.25) is 4.79 Å². The van der Waals surface area contributed by atoms with Crippen LogP contribution in [0.5, 0.6) is 5.75 Å². The first-order chi connectivity index (χ1) is 8.76. The number of methoxy groups -OCH3 is 1. The minimum Gasteiger partial charge on any atom is -0.497 e. The Bertz CT molecular complexity index is 349. The van der Waals surface area contributed by atoms with E-state index in [1.807, 2.05) is 31.2 Å². The molecule has 0 saturated heterocycles. The topological polar surface area (TPSA) is 50.4 Å². The summed E-state index contributed by atoms with van der Waals surface area (Å²) in [6.45, 7) is 4.27. The van der Waals surface area contributed by atoms with Gasteiger partial charge in [-0.15, -0.1) is 0 Å². The molecule has 0 heterocycles. The Morgan fingerprint density at radius 1 is 1.22 bits per heavy atom. The van der Waals surface area contributed by atoms with Crippen LogP contribution in [0.25, 0.3) is 0 Å². The van der Waals surface area contributed by atoms with Gasteiger partial charge in [0.25, 0.3) is 0 Å². The molecular formula is C14H22N2O2. The van der Waals surface area contributed by atoms with E-state index < -0.39 is 0 Å². The summed E-state index contributed by atoms with van der Waals surface area (Å²) in [7, 11) is 1.65. The van der Waals surface area contributed by atoms with Crippen LogP contribution in [-0.4, -0.2) is 26.1 Å². The molecule has 100 valence electrons. The Morgan fingerprint density at radius 3 is 2.56 bits per heavy atom. The second kappa shape index (κ2) is 8.53. The van der Waals surface area contributed by atoms with Crippen LogP contribution in [0.2, 0.25) is 0 Å². The van der Waals surface area contributed by atoms with E-state index in [0.29, 0.717) is 13.0 Å². The Balaban J connectivity index is 2.15. The zero-order chi connectivity index (χ0) is 13.2. The van der Waals surface area contributed by atoms with Gasteiger partial charge in [0.2, 0.25) is 5.91 Å². The van der Waals surface area contributed by atoms with Gasteiger partial charge in [-0.2, -0.15) is 0 Å². The van der Waals surface area contributed by atoms with Crippen molar-refractivity contribution in [2.75, 3.05) is 20.2 Å². The lowest BCUT2D eigenvalue weighted by Gasteiger charge is -2.06. The lowest BCUT2D eigenvalue weighted by Crippen LogP contribution is -2.27. The monoisotopic (exact) mass is 250 g/mol. The van der Waals surface area contributed by atoms with Crippen molar-refractivity contribution in [1.29, 1.82) is 0 Å². The van der Waals surface area contributed by atoms with Crippen molar-refractivity contribution in [3.63, 3.8) is 0 Å². The maximum atomic E-state index is 11.3. The summed E-state index contributed by atoms with van der Waals surface area (Å²) in [5, 5.41) is 6.10. The second-order valence-corrected chi connectivity index (χ2v) is 4.12. The fourth-order valence-corrected chi connectivity index (χ4v) is 1.53. The van der Waals surface area contributed by atoms with Gasteiger partial charge < -0.3 is 15.4 Å². The molecule has 0 unspecified atom stereocenters. The Morgan fingerprint density at radius 2 is 1.94 bits per heavy atom. The Hall–Kier alpha value is -1.55. The molecule has 4 nitrogen and oxygen atoms in total. The van der Waals surface area contributed by atoms with Crippen molar-refractivity contribution < 1.29 is 9.53 Å². The number of benzene rings is 1. The lowest BCUT2D eigenvalue weighted by molar-refractivity contribution is -0.120. The van der Waals surface area contributed by atoms with Crippen LogP contribution in [0.1, 0.15) is 25.3 Å². The second-order valence-electron chi connectivity index (χ2n) is 4.12. The van der Waals surface area contributed by atoms with E-state index >= 15 is 0 Å². The zero-order valence-corrected chi connectivity index (χ0v) is 11.2. The largest absolute Gasteiger partial charge is 0.497 e. The van der Waals surface area contributed by atoms with Gasteiger partial charge in [0, 0.05) is 26.1 Å². The summed E-state index contributed by atoms with van der Waals surface area (Å²) in [6, 6.07) is 7.90. The molecule has 0 atom stereocenters. The van der Waals surface area contributed by atoms with Gasteiger partial charge in [-0.1, -0.05) is 19.1 Å². The molecule has 4 heteroatoms. The van der Waals surface area contributed by atoms with E-state index in [2.05, 4.69) is 10.6 Å². The van der Waals surface area contributed by atoms with E-state index in [9.17, 15) is 4.79 Å². The SMILES string of the molecule is CCCNC(=O)CCNCc1ccc(OC)cc1. The Kier molecular flexibility index (Phi) is 6.87. The van der Waals surface area contributed by atoms with Crippen molar-refractivity contribution in [1.82, 2.24) is 10.6 Å². The highest BCUT2D eigenvalue weighted by Crippen LogP contribution is 2.10. The number of rotatable bonds is 8. The van der Waals surface area contributed by atoms with Gasteiger partial charge >= 0.3 is 0 Å². The summed E-state index contributed by atoms with van der Waals surface area (Å²) >= 11 is 0. The summed E-state index contributed by atoms with van der Waals surface area (Å²) in [5.41, 5.74) is 1.18. The van der Waals surface area contributed by atoms with Crippen LogP contribution in [0, 0.1) is 0 Å². The minimum absolute atomic E-state index is 0.110. The van der Waals surface area contributed by atoms with E-state index in [4.69, 9.17) is 4.74 Å². The molecule has 0 fully saturated rings. The summed E-state index contributed by atoms with van der Waals surface area (Å²) in [4.78, 5) is 11.3. The van der Waals surface area contributed by atoms with Crippen LogP contribution in [-0.2, 0) is 11.3 Å². The number of carbonyl (C=O) groups excluding carboxylic acids is 1. The van der Waals surface area contributed by atoms with E-state index in [0.717, 1.165) is 25.3 Å². The van der Waals surface area contributed by atoms with Gasteiger partial charge in [-0.05, 0) is 24.1 Å². The molecule has 0 aliphatic heterocycles. The van der Waals surface area contributed by atoms with Crippen molar-refractivity contribution in [3.8, 4) is 5.75 Å². The first-order valence-electron chi connectivity index (χ1n) is 6.36. The maximum Gasteiger partial charge on any atom is 0.221 e. The maximum absolute atomic E-state index is 11.3. The number of hydrogen-bond donors (Lipinski definition) is 2. The van der Waals surface area contributed by atoms with Crippen molar-refractivity contribution in [3.05, 3.63) is 29.8 Å². The molecule has 1 aromatic rings. The molecule has 0 saturated carbocycles. The number of amides is 1. The van der Waals surface area contributed by atoms with Crippen molar-refractivity contribution in [2.45, 2.75) is 26.3 Å². The van der Waals surface area contributed by atoms with Gasteiger partial charge in [0.1, 0.15) is 5.75 Å². The van der Waals surface area contributed by atoms with Crippen LogP contribution < -0.4 is 15.4 Å². The van der Waals surface area contributed by atoms with Gasteiger partial charge in [0.15, 0.2) is 0 Å². The average Bonchev–Trinajstić information content (AvgIpc) is 2.42. The molecule has 0 radical (unpaired) electrons. The normalized spacial score (nSPS) is 10.1.